The van der Waals surface area contributed by atoms with Gasteiger partial charge in [-0.1, -0.05) is 43.3 Å². The highest BCUT2D eigenvalue weighted by Gasteiger charge is 2.14. The molecule has 1 amide bonds. The molecule has 0 saturated carbocycles. The number of nitrogens with zero attached hydrogens (tertiary/aromatic N) is 2. The van der Waals surface area contributed by atoms with Gasteiger partial charge in [0.05, 0.1) is 6.04 Å². The number of carbonyl (C=O) groups is 1. The average Bonchev–Trinajstić information content (AvgIpc) is 2.71. The van der Waals surface area contributed by atoms with Crippen molar-refractivity contribution in [2.75, 3.05) is 27.2 Å². The van der Waals surface area contributed by atoms with Crippen molar-refractivity contribution in [2.45, 2.75) is 19.4 Å². The monoisotopic (exact) mass is 377 g/mol. The Morgan fingerprint density at radius 1 is 1.18 bits per heavy atom. The Morgan fingerprint density at radius 3 is 2.43 bits per heavy atom. The number of rotatable bonds is 9. The lowest BCUT2D eigenvalue weighted by Gasteiger charge is -2.25. The molecule has 1 unspecified atom stereocenters. The van der Waals surface area contributed by atoms with Gasteiger partial charge in [0.15, 0.2) is 6.61 Å². The molecule has 1 N–H and O–H groups in total. The van der Waals surface area contributed by atoms with E-state index in [-0.39, 0.29) is 18.6 Å². The van der Waals surface area contributed by atoms with Gasteiger partial charge in [-0.15, -0.1) is 0 Å². The summed E-state index contributed by atoms with van der Waals surface area (Å²) in [7, 11) is 4.02. The second kappa shape index (κ2) is 10.9. The molecule has 0 saturated heterocycles. The molecule has 5 heteroatoms. The summed E-state index contributed by atoms with van der Waals surface area (Å²) in [6, 6.07) is 17.8. The molecule has 0 heterocycles. The minimum absolute atomic E-state index is 0.0196. The quantitative estimate of drug-likeness (QED) is 0.679. The molecule has 0 aliphatic carbocycles. The maximum Gasteiger partial charge on any atom is 0.244 e. The summed E-state index contributed by atoms with van der Waals surface area (Å²) in [5, 5.41) is 11.5. The van der Waals surface area contributed by atoms with Gasteiger partial charge in [-0.2, -0.15) is 5.26 Å². The van der Waals surface area contributed by atoms with Crippen molar-refractivity contribution in [3.8, 4) is 11.8 Å². The van der Waals surface area contributed by atoms with E-state index in [0.717, 1.165) is 12.0 Å². The molecule has 0 spiro atoms. The number of nitriles is 1. The van der Waals surface area contributed by atoms with Crippen LogP contribution in [0.2, 0.25) is 0 Å². The molecule has 2 rings (SSSR count). The maximum atomic E-state index is 12.2. The van der Waals surface area contributed by atoms with Crippen LogP contribution in [0, 0.1) is 11.3 Å². The fourth-order valence-corrected chi connectivity index (χ4v) is 2.79. The molecule has 146 valence electrons. The van der Waals surface area contributed by atoms with Crippen LogP contribution >= 0.6 is 0 Å². The largest absolute Gasteiger partial charge is 0.479 e. The van der Waals surface area contributed by atoms with Gasteiger partial charge in [0.2, 0.25) is 5.91 Å². The van der Waals surface area contributed by atoms with Crippen molar-refractivity contribution >= 4 is 12.0 Å². The van der Waals surface area contributed by atoms with E-state index in [0.29, 0.717) is 12.3 Å². The number of ether oxygens (including phenoxy) is 1. The number of likely N-dealkylation sites (N-methyl/N-ethyl adjacent to an activating group) is 1. The smallest absolute Gasteiger partial charge is 0.244 e. The van der Waals surface area contributed by atoms with Crippen molar-refractivity contribution in [3.05, 3.63) is 71.3 Å². The van der Waals surface area contributed by atoms with Crippen LogP contribution in [0.5, 0.6) is 5.75 Å². The molecule has 1 atom stereocenters. The first kappa shape index (κ1) is 21.2. The molecular weight excluding hydrogens is 350 g/mol. The fourth-order valence-electron chi connectivity index (χ4n) is 2.79. The second-order valence-corrected chi connectivity index (χ2v) is 6.67. The number of amides is 1. The van der Waals surface area contributed by atoms with Crippen LogP contribution in [-0.4, -0.2) is 38.1 Å². The average molecular weight is 377 g/mol. The molecule has 2 aromatic rings. The topological polar surface area (TPSA) is 65.4 Å². The number of nitrogens with one attached hydrogen (secondary N) is 1. The van der Waals surface area contributed by atoms with Gasteiger partial charge in [0.25, 0.3) is 0 Å². The Morgan fingerprint density at radius 2 is 1.86 bits per heavy atom. The second-order valence-electron chi connectivity index (χ2n) is 6.67. The normalized spacial score (nSPS) is 12.0. The van der Waals surface area contributed by atoms with Crippen molar-refractivity contribution in [2.24, 2.45) is 0 Å². The molecule has 0 aliphatic heterocycles. The van der Waals surface area contributed by atoms with Gasteiger partial charge in [-0.05, 0) is 55.4 Å². The minimum atomic E-state index is -0.137. The van der Waals surface area contributed by atoms with Crippen LogP contribution in [-0.2, 0) is 11.2 Å². The van der Waals surface area contributed by atoms with E-state index >= 15 is 0 Å². The van der Waals surface area contributed by atoms with E-state index in [2.05, 4.69) is 41.4 Å². The van der Waals surface area contributed by atoms with Crippen molar-refractivity contribution in [1.82, 2.24) is 10.2 Å². The third kappa shape index (κ3) is 6.57. The van der Waals surface area contributed by atoms with E-state index < -0.39 is 0 Å². The third-order valence-electron chi connectivity index (χ3n) is 4.48. The lowest BCUT2D eigenvalue weighted by molar-refractivity contribution is -0.116. The summed E-state index contributed by atoms with van der Waals surface area (Å²) >= 11 is 0. The molecule has 0 radical (unpaired) electrons. The Labute approximate surface area is 167 Å². The van der Waals surface area contributed by atoms with Gasteiger partial charge in [-0.3, -0.25) is 4.79 Å². The first-order chi connectivity index (χ1) is 13.5. The first-order valence-electron chi connectivity index (χ1n) is 9.34. The highest BCUT2D eigenvalue weighted by Crippen LogP contribution is 2.18. The molecule has 28 heavy (non-hydrogen) atoms. The van der Waals surface area contributed by atoms with Crippen LogP contribution < -0.4 is 10.1 Å². The van der Waals surface area contributed by atoms with E-state index in [1.807, 2.05) is 32.3 Å². The highest BCUT2D eigenvalue weighted by atomic mass is 16.5. The number of hydrogen-bond donors (Lipinski definition) is 1. The van der Waals surface area contributed by atoms with Crippen LogP contribution in [0.1, 0.15) is 29.7 Å². The van der Waals surface area contributed by atoms with Gasteiger partial charge >= 0.3 is 0 Å². The summed E-state index contributed by atoms with van der Waals surface area (Å²) in [6.07, 6.45) is 4.29. The molecule has 5 nitrogen and oxygen atoms in total. The van der Waals surface area contributed by atoms with Crippen LogP contribution in [0.3, 0.4) is 0 Å². The van der Waals surface area contributed by atoms with Crippen LogP contribution in [0.25, 0.3) is 6.08 Å². The van der Waals surface area contributed by atoms with E-state index in [1.54, 1.807) is 18.2 Å². The summed E-state index contributed by atoms with van der Waals surface area (Å²) in [6.45, 7) is 2.69. The van der Waals surface area contributed by atoms with Crippen molar-refractivity contribution in [1.29, 1.82) is 5.26 Å². The number of carbonyl (C=O) groups excluding carboxylic acids is 1. The zero-order chi connectivity index (χ0) is 20.4. The van der Waals surface area contributed by atoms with Gasteiger partial charge in [-0.25, -0.2) is 0 Å². The van der Waals surface area contributed by atoms with E-state index in [4.69, 9.17) is 10.00 Å². The van der Waals surface area contributed by atoms with E-state index in [1.165, 1.54) is 17.2 Å². The Bertz CT molecular complexity index is 818. The van der Waals surface area contributed by atoms with Crippen molar-refractivity contribution < 1.29 is 9.53 Å². The predicted octanol–water partition coefficient (Wildman–Crippen LogP) is 3.58. The lowest BCUT2D eigenvalue weighted by atomic mass is 10.0. The summed E-state index contributed by atoms with van der Waals surface area (Å²) in [4.78, 5) is 14.3. The van der Waals surface area contributed by atoms with Crippen LogP contribution in [0.15, 0.2) is 54.6 Å². The van der Waals surface area contributed by atoms with Crippen LogP contribution in [0.4, 0.5) is 0 Å². The fraction of sp³-hybridized carbons (Fsp3) is 0.304. The maximum absolute atomic E-state index is 12.2. The molecular formula is C23H27N3O2. The predicted molar refractivity (Wildman–Crippen MR) is 112 cm³/mol. The lowest BCUT2D eigenvalue weighted by Crippen LogP contribution is -2.33. The summed E-state index contributed by atoms with van der Waals surface area (Å²) < 4.78 is 5.21. The number of aryl methyl sites for hydroxylation is 1. The summed E-state index contributed by atoms with van der Waals surface area (Å²) in [5.41, 5.74) is 3.37. The molecule has 0 bridgehead atoms. The number of benzene rings is 2. The summed E-state index contributed by atoms with van der Waals surface area (Å²) in [5.74, 6) is 0.493. The van der Waals surface area contributed by atoms with Gasteiger partial charge in [0.1, 0.15) is 11.8 Å². The highest BCUT2D eigenvalue weighted by molar-refractivity contribution is 5.91. The van der Waals surface area contributed by atoms with Gasteiger partial charge in [0, 0.05) is 12.6 Å². The first-order valence-corrected chi connectivity index (χ1v) is 9.34. The Hall–Kier alpha value is -3.10. The molecule has 2 aromatic carbocycles. The third-order valence-corrected chi connectivity index (χ3v) is 4.48. The zero-order valence-corrected chi connectivity index (χ0v) is 16.7. The Kier molecular flexibility index (Phi) is 8.26. The Balaban J connectivity index is 1.91. The standard InChI is InChI=1S/C23H27N3O2/c1-4-18-5-10-20(11-6-18)22(26(2)3)17-25-23(27)14-9-19-7-12-21(13-8-19)28-16-15-24/h5-14,22H,4,16-17H2,1-3H3,(H,25,27)/b14-9+. The number of hydrogen-bond acceptors (Lipinski definition) is 4. The SMILES string of the molecule is CCc1ccc(C(CNC(=O)/C=C/c2ccc(OCC#N)cc2)N(C)C)cc1. The van der Waals surface area contributed by atoms with E-state index in [9.17, 15) is 4.79 Å². The zero-order valence-electron chi connectivity index (χ0n) is 16.7. The molecule has 0 aliphatic rings. The molecule has 0 fully saturated rings. The van der Waals surface area contributed by atoms with Crippen molar-refractivity contribution in [3.63, 3.8) is 0 Å². The minimum Gasteiger partial charge on any atom is -0.479 e. The molecule has 0 aromatic heterocycles. The van der Waals surface area contributed by atoms with Gasteiger partial charge < -0.3 is 15.0 Å².